The number of nitrogens with zero attached hydrogens (tertiary/aromatic N) is 3. The van der Waals surface area contributed by atoms with Gasteiger partial charge in [0.05, 0.1) is 19.1 Å². The molecule has 0 amide bonds. The fourth-order valence-electron chi connectivity index (χ4n) is 2.84. The van der Waals surface area contributed by atoms with Gasteiger partial charge in [-0.15, -0.1) is 0 Å². The van der Waals surface area contributed by atoms with Crippen LogP contribution >= 0.6 is 0 Å². The highest BCUT2D eigenvalue weighted by atomic mass is 19.1. The van der Waals surface area contributed by atoms with Crippen molar-refractivity contribution >= 4 is 0 Å². The van der Waals surface area contributed by atoms with Crippen LogP contribution in [-0.4, -0.2) is 25.9 Å². The highest BCUT2D eigenvalue weighted by Gasteiger charge is 2.59. The van der Waals surface area contributed by atoms with Gasteiger partial charge in [-0.2, -0.15) is 5.26 Å². The summed E-state index contributed by atoms with van der Waals surface area (Å²) in [5, 5.41) is 20.0. The molecule has 0 spiro atoms. The molecule has 1 aromatic carbocycles. The van der Waals surface area contributed by atoms with Crippen LogP contribution in [0.1, 0.15) is 30.5 Å². The number of benzene rings is 1. The lowest BCUT2D eigenvalue weighted by atomic mass is 9.88. The molecule has 1 saturated carbocycles. The van der Waals surface area contributed by atoms with E-state index in [1.54, 1.807) is 0 Å². The van der Waals surface area contributed by atoms with Crippen molar-refractivity contribution in [3.63, 3.8) is 0 Å². The van der Waals surface area contributed by atoms with Gasteiger partial charge in [0.1, 0.15) is 23.0 Å². The van der Waals surface area contributed by atoms with Gasteiger partial charge < -0.3 is 9.67 Å². The molecular formula is C17H18FN3O. The summed E-state index contributed by atoms with van der Waals surface area (Å²) >= 11 is 0. The second-order valence-corrected chi connectivity index (χ2v) is 6.00. The number of hydrogen-bond acceptors (Lipinski definition) is 3. The first-order chi connectivity index (χ1) is 10.6. The second-order valence-electron chi connectivity index (χ2n) is 6.00. The zero-order valence-corrected chi connectivity index (χ0v) is 12.2. The molecule has 0 saturated heterocycles. The minimum absolute atomic E-state index is 0.0548. The molecule has 1 heterocycles. The van der Waals surface area contributed by atoms with Crippen LogP contribution in [0, 0.1) is 11.3 Å². The Morgan fingerprint density at radius 3 is 2.73 bits per heavy atom. The van der Waals surface area contributed by atoms with Gasteiger partial charge in [-0.1, -0.05) is 30.3 Å². The molecule has 22 heavy (non-hydrogen) atoms. The van der Waals surface area contributed by atoms with Gasteiger partial charge >= 0.3 is 0 Å². The van der Waals surface area contributed by atoms with E-state index in [1.807, 2.05) is 36.4 Å². The number of rotatable bonds is 6. The number of aromatic nitrogens is 2. The standard InChI is InChI=1S/C17H18FN3O/c18-16(8-9-16)17(22,7-6-14-4-2-1-3-5-14)12-21-13-20-11-15(21)10-19/h1-5,11,13,22H,6-9,12H2. The van der Waals surface area contributed by atoms with E-state index in [4.69, 9.17) is 5.26 Å². The lowest BCUT2D eigenvalue weighted by Gasteiger charge is -2.32. The lowest BCUT2D eigenvalue weighted by molar-refractivity contribution is -0.0694. The maximum absolute atomic E-state index is 14.7. The van der Waals surface area contributed by atoms with E-state index < -0.39 is 11.3 Å². The smallest absolute Gasteiger partial charge is 0.141 e. The molecule has 0 radical (unpaired) electrons. The SMILES string of the molecule is N#Cc1cncn1CC(O)(CCc1ccccc1)C1(F)CC1. The Labute approximate surface area is 128 Å². The third-order valence-corrected chi connectivity index (χ3v) is 4.45. The molecule has 0 aliphatic heterocycles. The van der Waals surface area contributed by atoms with Crippen molar-refractivity contribution in [3.05, 3.63) is 54.1 Å². The highest BCUT2D eigenvalue weighted by molar-refractivity contribution is 5.20. The molecule has 4 nitrogen and oxygen atoms in total. The van der Waals surface area contributed by atoms with Crippen molar-refractivity contribution in [3.8, 4) is 6.07 Å². The summed E-state index contributed by atoms with van der Waals surface area (Å²) < 4.78 is 16.2. The highest BCUT2D eigenvalue weighted by Crippen LogP contribution is 2.51. The average Bonchev–Trinajstić information content (AvgIpc) is 3.14. The van der Waals surface area contributed by atoms with E-state index in [9.17, 15) is 9.50 Å². The summed E-state index contributed by atoms with van der Waals surface area (Å²) in [4.78, 5) is 3.90. The molecule has 1 aliphatic rings. The van der Waals surface area contributed by atoms with Crippen molar-refractivity contribution in [2.75, 3.05) is 0 Å². The molecule has 1 unspecified atom stereocenters. The number of nitriles is 1. The number of alkyl halides is 1. The van der Waals surface area contributed by atoms with Gasteiger partial charge in [-0.25, -0.2) is 9.37 Å². The van der Waals surface area contributed by atoms with E-state index in [1.165, 1.54) is 17.1 Å². The zero-order chi connectivity index (χ0) is 15.6. The van der Waals surface area contributed by atoms with Crippen LogP contribution in [0.5, 0.6) is 0 Å². The minimum atomic E-state index is -1.56. The van der Waals surface area contributed by atoms with Crippen LogP contribution in [0.25, 0.3) is 0 Å². The van der Waals surface area contributed by atoms with Gasteiger partial charge in [-0.05, 0) is 31.2 Å². The fourth-order valence-corrected chi connectivity index (χ4v) is 2.84. The van der Waals surface area contributed by atoms with Crippen molar-refractivity contribution in [2.45, 2.75) is 43.5 Å². The van der Waals surface area contributed by atoms with Crippen molar-refractivity contribution in [1.82, 2.24) is 9.55 Å². The molecule has 1 aromatic heterocycles. The third-order valence-electron chi connectivity index (χ3n) is 4.45. The number of aliphatic hydroxyl groups is 1. The number of aryl methyl sites for hydroxylation is 1. The Hall–Kier alpha value is -2.19. The summed E-state index contributed by atoms with van der Waals surface area (Å²) in [5.41, 5.74) is -1.63. The quantitative estimate of drug-likeness (QED) is 0.892. The van der Waals surface area contributed by atoms with Gasteiger partial charge in [0, 0.05) is 0 Å². The summed E-state index contributed by atoms with van der Waals surface area (Å²) in [5.74, 6) is 0. The molecule has 1 fully saturated rings. The van der Waals surface area contributed by atoms with Crippen LogP contribution in [-0.2, 0) is 13.0 Å². The van der Waals surface area contributed by atoms with Crippen molar-refractivity contribution in [1.29, 1.82) is 5.26 Å². The van der Waals surface area contributed by atoms with Crippen LogP contribution in [0.2, 0.25) is 0 Å². The average molecular weight is 299 g/mol. The molecule has 114 valence electrons. The first kappa shape index (κ1) is 14.7. The molecule has 1 atom stereocenters. The lowest BCUT2D eigenvalue weighted by Crippen LogP contribution is -2.46. The van der Waals surface area contributed by atoms with Gasteiger partial charge in [0.2, 0.25) is 0 Å². The van der Waals surface area contributed by atoms with Crippen LogP contribution in [0.4, 0.5) is 4.39 Å². The predicted octanol–water partition coefficient (Wildman–Crippen LogP) is 2.62. The van der Waals surface area contributed by atoms with Gasteiger partial charge in [-0.3, -0.25) is 0 Å². The predicted molar refractivity (Wildman–Crippen MR) is 79.7 cm³/mol. The molecular weight excluding hydrogens is 281 g/mol. The Morgan fingerprint density at radius 1 is 1.36 bits per heavy atom. The topological polar surface area (TPSA) is 61.8 Å². The first-order valence-corrected chi connectivity index (χ1v) is 7.42. The van der Waals surface area contributed by atoms with E-state index >= 15 is 0 Å². The Balaban J connectivity index is 1.78. The normalized spacial score (nSPS) is 18.4. The Kier molecular flexibility index (Phi) is 3.71. The van der Waals surface area contributed by atoms with Gasteiger partial charge in [0.25, 0.3) is 0 Å². The van der Waals surface area contributed by atoms with Crippen LogP contribution in [0.3, 0.4) is 0 Å². The Bertz CT molecular complexity index is 687. The van der Waals surface area contributed by atoms with Gasteiger partial charge in [0.15, 0.2) is 0 Å². The third kappa shape index (κ3) is 2.75. The summed E-state index contributed by atoms with van der Waals surface area (Å²) in [6.07, 6.45) is 4.55. The number of imidazole rings is 1. The first-order valence-electron chi connectivity index (χ1n) is 7.42. The summed E-state index contributed by atoms with van der Waals surface area (Å²) in [7, 11) is 0. The fraction of sp³-hybridized carbons (Fsp3) is 0.412. The van der Waals surface area contributed by atoms with E-state index in [0.717, 1.165) is 5.56 Å². The van der Waals surface area contributed by atoms with Crippen LogP contribution in [0.15, 0.2) is 42.9 Å². The number of hydrogen-bond donors (Lipinski definition) is 1. The minimum Gasteiger partial charge on any atom is -0.385 e. The molecule has 3 rings (SSSR count). The monoisotopic (exact) mass is 299 g/mol. The van der Waals surface area contributed by atoms with Crippen LogP contribution < -0.4 is 0 Å². The molecule has 1 N–H and O–H groups in total. The largest absolute Gasteiger partial charge is 0.385 e. The molecule has 5 heteroatoms. The van der Waals surface area contributed by atoms with Crippen molar-refractivity contribution < 1.29 is 9.50 Å². The second kappa shape index (κ2) is 5.54. The Morgan fingerprint density at radius 2 is 2.09 bits per heavy atom. The molecule has 1 aliphatic carbocycles. The van der Waals surface area contributed by atoms with Crippen molar-refractivity contribution in [2.24, 2.45) is 0 Å². The maximum Gasteiger partial charge on any atom is 0.141 e. The zero-order valence-electron chi connectivity index (χ0n) is 12.2. The molecule has 2 aromatic rings. The summed E-state index contributed by atoms with van der Waals surface area (Å²) in [6.45, 7) is 0.0548. The van der Waals surface area contributed by atoms with E-state index in [2.05, 4.69) is 4.98 Å². The van der Waals surface area contributed by atoms with E-state index in [0.29, 0.717) is 31.4 Å². The van der Waals surface area contributed by atoms with E-state index in [-0.39, 0.29) is 6.54 Å². The maximum atomic E-state index is 14.7. The summed E-state index contributed by atoms with van der Waals surface area (Å²) in [6, 6.07) is 11.7. The molecule has 0 bridgehead atoms. The number of halogens is 1.